The number of tetrazole rings is 1. The molecule has 0 amide bonds. The summed E-state index contributed by atoms with van der Waals surface area (Å²) in [6.45, 7) is 8.43. The summed E-state index contributed by atoms with van der Waals surface area (Å²) in [5.74, 6) is 0.834. The maximum Gasteiger partial charge on any atom is 0.180 e. The minimum absolute atomic E-state index is 0.00876. The molecule has 1 aliphatic heterocycles. The first-order chi connectivity index (χ1) is 7.07. The standard InChI is InChI=1S/C10H19N5/c1-10(2,3)9-12-14-15(13-9)8-4-6-11-7-5-8/h8,11H,4-7H2,1-3H3. The van der Waals surface area contributed by atoms with E-state index in [9.17, 15) is 0 Å². The van der Waals surface area contributed by atoms with Crippen LogP contribution in [0.4, 0.5) is 0 Å². The lowest BCUT2D eigenvalue weighted by Crippen LogP contribution is -2.30. The Balaban J connectivity index is 2.12. The molecule has 0 spiro atoms. The molecule has 1 N–H and O–H groups in total. The molecule has 2 heterocycles. The number of rotatable bonds is 1. The topological polar surface area (TPSA) is 55.6 Å². The SMILES string of the molecule is CC(C)(C)c1nnn(C2CCNCC2)n1. The Morgan fingerprint density at radius 2 is 1.93 bits per heavy atom. The van der Waals surface area contributed by atoms with Crippen molar-refractivity contribution in [2.75, 3.05) is 13.1 Å². The van der Waals surface area contributed by atoms with Crippen molar-refractivity contribution in [2.45, 2.75) is 45.1 Å². The fourth-order valence-electron chi connectivity index (χ4n) is 1.72. The van der Waals surface area contributed by atoms with Crippen LogP contribution in [0.5, 0.6) is 0 Å². The molecule has 0 atom stereocenters. The van der Waals surface area contributed by atoms with Gasteiger partial charge in [0.25, 0.3) is 0 Å². The summed E-state index contributed by atoms with van der Waals surface area (Å²) in [5.41, 5.74) is -0.00876. The van der Waals surface area contributed by atoms with Crippen molar-refractivity contribution in [2.24, 2.45) is 0 Å². The van der Waals surface area contributed by atoms with E-state index < -0.39 is 0 Å². The van der Waals surface area contributed by atoms with Gasteiger partial charge in [-0.2, -0.15) is 4.80 Å². The van der Waals surface area contributed by atoms with Crippen molar-refractivity contribution in [3.63, 3.8) is 0 Å². The van der Waals surface area contributed by atoms with Crippen LogP contribution in [0.25, 0.3) is 0 Å². The fraction of sp³-hybridized carbons (Fsp3) is 0.900. The summed E-state index contributed by atoms with van der Waals surface area (Å²) in [6.07, 6.45) is 2.19. The van der Waals surface area contributed by atoms with Gasteiger partial charge in [0.1, 0.15) is 0 Å². The average Bonchev–Trinajstić information content (AvgIpc) is 2.67. The molecule has 1 aromatic rings. The molecule has 1 fully saturated rings. The fourth-order valence-corrected chi connectivity index (χ4v) is 1.72. The van der Waals surface area contributed by atoms with E-state index in [4.69, 9.17) is 0 Å². The maximum atomic E-state index is 4.47. The number of hydrogen-bond donors (Lipinski definition) is 1. The van der Waals surface area contributed by atoms with Crippen molar-refractivity contribution in [3.8, 4) is 0 Å². The quantitative estimate of drug-likeness (QED) is 0.746. The van der Waals surface area contributed by atoms with E-state index in [1.807, 2.05) is 0 Å². The molecule has 0 aliphatic carbocycles. The molecule has 5 heteroatoms. The molecule has 0 saturated carbocycles. The molecule has 0 bridgehead atoms. The Kier molecular flexibility index (Phi) is 2.73. The van der Waals surface area contributed by atoms with Crippen molar-refractivity contribution in [1.29, 1.82) is 0 Å². The van der Waals surface area contributed by atoms with Crippen LogP contribution in [-0.2, 0) is 5.41 Å². The van der Waals surface area contributed by atoms with Gasteiger partial charge in [0.2, 0.25) is 0 Å². The Hall–Kier alpha value is -0.970. The van der Waals surface area contributed by atoms with Crippen LogP contribution in [0, 0.1) is 0 Å². The third kappa shape index (κ3) is 2.34. The number of piperidine rings is 1. The van der Waals surface area contributed by atoms with E-state index in [-0.39, 0.29) is 5.41 Å². The molecule has 0 unspecified atom stereocenters. The minimum atomic E-state index is -0.00876. The summed E-state index contributed by atoms with van der Waals surface area (Å²) < 4.78 is 0. The first-order valence-electron chi connectivity index (χ1n) is 5.58. The van der Waals surface area contributed by atoms with Gasteiger partial charge in [0.05, 0.1) is 6.04 Å². The highest BCUT2D eigenvalue weighted by Gasteiger charge is 2.23. The van der Waals surface area contributed by atoms with Gasteiger partial charge in [-0.1, -0.05) is 20.8 Å². The zero-order chi connectivity index (χ0) is 10.9. The van der Waals surface area contributed by atoms with E-state index in [0.29, 0.717) is 6.04 Å². The van der Waals surface area contributed by atoms with Crippen molar-refractivity contribution >= 4 is 0 Å². The number of nitrogens with one attached hydrogen (secondary N) is 1. The monoisotopic (exact) mass is 209 g/mol. The molecule has 1 aromatic heterocycles. The summed E-state index contributed by atoms with van der Waals surface area (Å²) in [7, 11) is 0. The smallest absolute Gasteiger partial charge is 0.180 e. The second kappa shape index (κ2) is 3.89. The Morgan fingerprint density at radius 3 is 2.47 bits per heavy atom. The van der Waals surface area contributed by atoms with Crippen molar-refractivity contribution in [3.05, 3.63) is 5.82 Å². The first kappa shape index (κ1) is 10.5. The molecule has 1 aliphatic rings. The minimum Gasteiger partial charge on any atom is -0.317 e. The second-order valence-corrected chi connectivity index (χ2v) is 5.16. The number of aromatic nitrogens is 4. The highest BCUT2D eigenvalue weighted by atomic mass is 15.6. The van der Waals surface area contributed by atoms with E-state index in [2.05, 4.69) is 41.5 Å². The molecule has 0 aromatic carbocycles. The molecule has 1 saturated heterocycles. The van der Waals surface area contributed by atoms with E-state index >= 15 is 0 Å². The third-order valence-corrected chi connectivity index (χ3v) is 2.73. The largest absolute Gasteiger partial charge is 0.317 e. The van der Waals surface area contributed by atoms with Crippen LogP contribution >= 0.6 is 0 Å². The normalized spacial score (nSPS) is 19.4. The van der Waals surface area contributed by atoms with Crippen molar-refractivity contribution < 1.29 is 0 Å². The lowest BCUT2D eigenvalue weighted by atomic mass is 9.96. The Labute approximate surface area is 90.2 Å². The van der Waals surface area contributed by atoms with Crippen LogP contribution in [0.1, 0.15) is 45.5 Å². The zero-order valence-electron chi connectivity index (χ0n) is 9.69. The lowest BCUT2D eigenvalue weighted by molar-refractivity contribution is 0.307. The van der Waals surface area contributed by atoms with Crippen LogP contribution < -0.4 is 5.32 Å². The molecule has 2 rings (SSSR count). The van der Waals surface area contributed by atoms with Crippen LogP contribution in [0.3, 0.4) is 0 Å². The maximum absolute atomic E-state index is 4.47. The molecular formula is C10H19N5. The predicted molar refractivity (Wildman–Crippen MR) is 57.7 cm³/mol. The third-order valence-electron chi connectivity index (χ3n) is 2.73. The van der Waals surface area contributed by atoms with Crippen molar-refractivity contribution in [1.82, 2.24) is 25.5 Å². The van der Waals surface area contributed by atoms with Gasteiger partial charge in [0, 0.05) is 5.41 Å². The van der Waals surface area contributed by atoms with Gasteiger partial charge < -0.3 is 5.32 Å². The van der Waals surface area contributed by atoms with E-state index in [1.165, 1.54) is 0 Å². The van der Waals surface area contributed by atoms with Crippen LogP contribution in [-0.4, -0.2) is 33.3 Å². The van der Waals surface area contributed by atoms with E-state index in [0.717, 1.165) is 31.8 Å². The van der Waals surface area contributed by atoms with Gasteiger partial charge in [-0.15, -0.1) is 10.2 Å². The summed E-state index contributed by atoms with van der Waals surface area (Å²) >= 11 is 0. The van der Waals surface area contributed by atoms with Gasteiger partial charge in [0.15, 0.2) is 5.82 Å². The van der Waals surface area contributed by atoms with Gasteiger partial charge in [-0.25, -0.2) is 0 Å². The highest BCUT2D eigenvalue weighted by molar-refractivity contribution is 4.96. The number of nitrogens with zero attached hydrogens (tertiary/aromatic N) is 4. The first-order valence-corrected chi connectivity index (χ1v) is 5.58. The molecule has 0 radical (unpaired) electrons. The summed E-state index contributed by atoms with van der Waals surface area (Å²) in [5, 5.41) is 16.1. The number of hydrogen-bond acceptors (Lipinski definition) is 4. The zero-order valence-corrected chi connectivity index (χ0v) is 9.69. The molecule has 84 valence electrons. The van der Waals surface area contributed by atoms with Crippen LogP contribution in [0.15, 0.2) is 0 Å². The van der Waals surface area contributed by atoms with Crippen LogP contribution in [0.2, 0.25) is 0 Å². The average molecular weight is 209 g/mol. The molecule has 15 heavy (non-hydrogen) atoms. The van der Waals surface area contributed by atoms with E-state index in [1.54, 1.807) is 4.80 Å². The van der Waals surface area contributed by atoms with Gasteiger partial charge >= 0.3 is 0 Å². The molecule has 5 nitrogen and oxygen atoms in total. The Morgan fingerprint density at radius 1 is 1.27 bits per heavy atom. The summed E-state index contributed by atoms with van der Waals surface area (Å²) in [6, 6.07) is 0.426. The highest BCUT2D eigenvalue weighted by Crippen LogP contribution is 2.20. The lowest BCUT2D eigenvalue weighted by Gasteiger charge is -2.21. The predicted octanol–water partition coefficient (Wildman–Crippen LogP) is 0.895. The Bertz CT molecular complexity index is 319. The second-order valence-electron chi connectivity index (χ2n) is 5.16. The summed E-state index contributed by atoms with van der Waals surface area (Å²) in [4.78, 5) is 1.79. The van der Waals surface area contributed by atoms with Gasteiger partial charge in [-0.3, -0.25) is 0 Å². The molecular weight excluding hydrogens is 190 g/mol. The van der Waals surface area contributed by atoms with Gasteiger partial charge in [-0.05, 0) is 31.1 Å².